The Morgan fingerprint density at radius 1 is 1.47 bits per heavy atom. The van der Waals surface area contributed by atoms with Gasteiger partial charge in [-0.15, -0.1) is 11.6 Å². The average Bonchev–Trinajstić information content (AvgIpc) is 2.72. The molecule has 2 unspecified atom stereocenters. The van der Waals surface area contributed by atoms with Crippen molar-refractivity contribution in [3.8, 4) is 0 Å². The predicted octanol–water partition coefficient (Wildman–Crippen LogP) is 3.24. The van der Waals surface area contributed by atoms with Crippen molar-refractivity contribution in [2.45, 2.75) is 37.9 Å². The van der Waals surface area contributed by atoms with E-state index in [1.54, 1.807) is 6.26 Å². The molecule has 2 atom stereocenters. The summed E-state index contributed by atoms with van der Waals surface area (Å²) >= 11 is 5.98. The lowest BCUT2D eigenvalue weighted by molar-refractivity contribution is 0.617. The Kier molecular flexibility index (Phi) is 4.63. The Bertz CT molecular complexity index is 609. The first kappa shape index (κ1) is 14.5. The van der Waals surface area contributed by atoms with Crippen molar-refractivity contribution < 1.29 is 4.21 Å². The molecule has 0 radical (unpaired) electrons. The van der Waals surface area contributed by atoms with Crippen LogP contribution in [0.1, 0.15) is 24.7 Å². The highest BCUT2D eigenvalue weighted by Crippen LogP contribution is 2.20. The van der Waals surface area contributed by atoms with Crippen molar-refractivity contribution in [1.82, 2.24) is 9.55 Å². The summed E-state index contributed by atoms with van der Waals surface area (Å²) in [7, 11) is -0.784. The smallest absolute Gasteiger partial charge is 0.124 e. The van der Waals surface area contributed by atoms with Gasteiger partial charge in [0.15, 0.2) is 0 Å². The number of fused-ring (bicyclic) bond motifs is 1. The fraction of sp³-hybridized carbons (Fsp3) is 0.500. The van der Waals surface area contributed by atoms with Crippen molar-refractivity contribution in [3.05, 3.63) is 29.6 Å². The molecule has 0 fully saturated rings. The number of aryl methyl sites for hydroxylation is 2. The molecule has 1 aromatic heterocycles. The number of rotatable bonds is 5. The van der Waals surface area contributed by atoms with E-state index in [1.807, 2.05) is 6.92 Å². The third-order valence-electron chi connectivity index (χ3n) is 3.43. The minimum atomic E-state index is -0.784. The van der Waals surface area contributed by atoms with Gasteiger partial charge in [0.1, 0.15) is 5.82 Å². The molecule has 0 saturated heterocycles. The Morgan fingerprint density at radius 2 is 2.21 bits per heavy atom. The number of nitrogens with zero attached hydrogens (tertiary/aromatic N) is 2. The minimum absolute atomic E-state index is 0.186. The first-order chi connectivity index (χ1) is 9.02. The molecule has 5 heteroatoms. The Balaban J connectivity index is 2.32. The lowest BCUT2D eigenvalue weighted by atomic mass is 10.2. The summed E-state index contributed by atoms with van der Waals surface area (Å²) in [6.45, 7) is 4.88. The number of imidazole rings is 1. The van der Waals surface area contributed by atoms with Gasteiger partial charge in [-0.05, 0) is 31.0 Å². The largest absolute Gasteiger partial charge is 0.327 e. The normalized spacial score (nSPS) is 14.7. The van der Waals surface area contributed by atoms with Crippen molar-refractivity contribution in [1.29, 1.82) is 0 Å². The minimum Gasteiger partial charge on any atom is -0.327 e. The molecule has 3 nitrogen and oxygen atoms in total. The van der Waals surface area contributed by atoms with Crippen LogP contribution in [-0.4, -0.2) is 25.3 Å². The van der Waals surface area contributed by atoms with Crippen LogP contribution in [0.25, 0.3) is 11.0 Å². The van der Waals surface area contributed by atoms with E-state index in [0.29, 0.717) is 5.88 Å². The highest BCUT2D eigenvalue weighted by atomic mass is 35.5. The average molecular weight is 299 g/mol. The maximum atomic E-state index is 11.4. The topological polar surface area (TPSA) is 34.9 Å². The summed E-state index contributed by atoms with van der Waals surface area (Å²) in [6.07, 6.45) is 2.62. The molecule has 0 aliphatic heterocycles. The summed E-state index contributed by atoms with van der Waals surface area (Å²) in [4.78, 5) is 4.57. The Hall–Kier alpha value is -0.870. The van der Waals surface area contributed by atoms with Gasteiger partial charge in [0.25, 0.3) is 0 Å². The summed E-state index contributed by atoms with van der Waals surface area (Å²) < 4.78 is 13.6. The molecule has 1 aromatic carbocycles. The zero-order valence-corrected chi connectivity index (χ0v) is 13.1. The molecule has 0 saturated carbocycles. The first-order valence-corrected chi connectivity index (χ1v) is 8.52. The molecule has 0 aliphatic rings. The third-order valence-corrected chi connectivity index (χ3v) is 5.04. The predicted molar refractivity (Wildman–Crippen MR) is 82.2 cm³/mol. The van der Waals surface area contributed by atoms with E-state index in [9.17, 15) is 4.21 Å². The Labute approximate surface area is 121 Å². The van der Waals surface area contributed by atoms with Gasteiger partial charge in [-0.2, -0.15) is 0 Å². The summed E-state index contributed by atoms with van der Waals surface area (Å²) in [5.74, 6) is 1.29. The van der Waals surface area contributed by atoms with Crippen LogP contribution < -0.4 is 0 Å². The zero-order valence-electron chi connectivity index (χ0n) is 11.5. The number of hydrogen-bond donors (Lipinski definition) is 0. The van der Waals surface area contributed by atoms with Crippen LogP contribution in [0.5, 0.6) is 0 Å². The molecule has 0 aliphatic carbocycles. The molecular formula is C14H19ClN2OS. The standard InChI is InChI=1S/C14H19ClN2OS/c1-10-4-5-13-12(8-10)16-14(9-15)17(13)7-6-11(2)19(3)18/h4-5,8,11H,6-7,9H2,1-3H3. The molecule has 0 N–H and O–H groups in total. The van der Waals surface area contributed by atoms with E-state index in [4.69, 9.17) is 11.6 Å². The highest BCUT2D eigenvalue weighted by molar-refractivity contribution is 7.84. The van der Waals surface area contributed by atoms with Gasteiger partial charge in [-0.25, -0.2) is 4.98 Å². The van der Waals surface area contributed by atoms with Crippen LogP contribution >= 0.6 is 11.6 Å². The second kappa shape index (κ2) is 6.06. The van der Waals surface area contributed by atoms with Crippen molar-refractivity contribution in [3.63, 3.8) is 0 Å². The van der Waals surface area contributed by atoms with Gasteiger partial charge in [0.05, 0.1) is 16.9 Å². The molecule has 2 rings (SSSR count). The van der Waals surface area contributed by atoms with Crippen molar-refractivity contribution in [2.75, 3.05) is 6.26 Å². The van der Waals surface area contributed by atoms with E-state index in [2.05, 4.69) is 34.7 Å². The summed E-state index contributed by atoms with van der Waals surface area (Å²) in [5.41, 5.74) is 3.29. The quantitative estimate of drug-likeness (QED) is 0.794. The SMILES string of the molecule is Cc1ccc2c(c1)nc(CCl)n2CCC(C)S(C)=O. The van der Waals surface area contributed by atoms with Gasteiger partial charge in [-0.1, -0.05) is 13.0 Å². The molecule has 0 amide bonds. The molecule has 1 heterocycles. The number of aromatic nitrogens is 2. The number of hydrogen-bond acceptors (Lipinski definition) is 2. The van der Waals surface area contributed by atoms with Crippen molar-refractivity contribution in [2.24, 2.45) is 0 Å². The first-order valence-electron chi connectivity index (χ1n) is 6.37. The summed E-state index contributed by atoms with van der Waals surface area (Å²) in [6, 6.07) is 6.24. The highest BCUT2D eigenvalue weighted by Gasteiger charge is 2.12. The molecule has 104 valence electrons. The fourth-order valence-corrected chi connectivity index (χ4v) is 2.76. The Morgan fingerprint density at radius 3 is 2.84 bits per heavy atom. The van der Waals surface area contributed by atoms with Gasteiger partial charge < -0.3 is 4.57 Å². The zero-order chi connectivity index (χ0) is 14.0. The van der Waals surface area contributed by atoms with Crippen LogP contribution in [0, 0.1) is 6.92 Å². The molecule has 19 heavy (non-hydrogen) atoms. The van der Waals surface area contributed by atoms with Crippen LogP contribution in [0.3, 0.4) is 0 Å². The van der Waals surface area contributed by atoms with Crippen LogP contribution in [0.4, 0.5) is 0 Å². The second-order valence-electron chi connectivity index (χ2n) is 4.90. The molecule has 2 aromatic rings. The lowest BCUT2D eigenvalue weighted by Gasteiger charge is -2.11. The van der Waals surface area contributed by atoms with Crippen LogP contribution in [0.2, 0.25) is 0 Å². The van der Waals surface area contributed by atoms with E-state index in [0.717, 1.165) is 29.8 Å². The summed E-state index contributed by atoms with van der Waals surface area (Å²) in [5, 5.41) is 0.186. The van der Waals surface area contributed by atoms with E-state index >= 15 is 0 Å². The lowest BCUT2D eigenvalue weighted by Crippen LogP contribution is -2.13. The maximum absolute atomic E-state index is 11.4. The van der Waals surface area contributed by atoms with Gasteiger partial charge >= 0.3 is 0 Å². The molecule has 0 bridgehead atoms. The number of halogens is 1. The number of alkyl halides is 1. The maximum Gasteiger partial charge on any atom is 0.124 e. The van der Waals surface area contributed by atoms with E-state index in [1.165, 1.54) is 5.56 Å². The fourth-order valence-electron chi connectivity index (χ4n) is 2.12. The van der Waals surface area contributed by atoms with E-state index < -0.39 is 10.8 Å². The molecular weight excluding hydrogens is 280 g/mol. The molecule has 0 spiro atoms. The van der Waals surface area contributed by atoms with E-state index in [-0.39, 0.29) is 5.25 Å². The van der Waals surface area contributed by atoms with Gasteiger partial charge in [-0.3, -0.25) is 4.21 Å². The third kappa shape index (κ3) is 3.18. The monoisotopic (exact) mass is 298 g/mol. The van der Waals surface area contributed by atoms with Gasteiger partial charge in [0, 0.05) is 28.9 Å². The van der Waals surface area contributed by atoms with Gasteiger partial charge in [0.2, 0.25) is 0 Å². The van der Waals surface area contributed by atoms with Crippen molar-refractivity contribution >= 4 is 33.4 Å². The second-order valence-corrected chi connectivity index (χ2v) is 6.97. The van der Waals surface area contributed by atoms with Crippen LogP contribution in [0.15, 0.2) is 18.2 Å². The number of benzene rings is 1. The van der Waals surface area contributed by atoms with Crippen LogP contribution in [-0.2, 0) is 23.2 Å².